The standard InChI is InChI=1S/C39H42F3N3O2/c1-26-32(28-14-15-29(36(40)22-28)24-44-18-4-5-19-44)10-8-11-33(26)34-12-9-13-35(27(34)2)38(43-3)46-31-17-16-30(25-45-20-6-7-21-45)37(23-31)47-39(41)42/h8-17,22-23,39H,4-7,18-21,24-25H2,1-3H3. The summed E-state index contributed by atoms with van der Waals surface area (Å²) in [7, 11) is 1.65. The van der Waals surface area contributed by atoms with Gasteiger partial charge < -0.3 is 9.47 Å². The molecule has 0 saturated carbocycles. The lowest BCUT2D eigenvalue weighted by Crippen LogP contribution is -2.19. The van der Waals surface area contributed by atoms with Gasteiger partial charge in [0.05, 0.1) is 0 Å². The summed E-state index contributed by atoms with van der Waals surface area (Å²) in [5.41, 5.74) is 8.04. The van der Waals surface area contributed by atoms with Gasteiger partial charge >= 0.3 is 6.61 Å². The summed E-state index contributed by atoms with van der Waals surface area (Å²) >= 11 is 0. The van der Waals surface area contributed by atoms with Crippen molar-refractivity contribution in [2.45, 2.75) is 59.2 Å². The first kappa shape index (κ1) is 32.8. The highest BCUT2D eigenvalue weighted by atomic mass is 19.3. The van der Waals surface area contributed by atoms with E-state index in [1.165, 1.54) is 18.9 Å². The zero-order valence-corrected chi connectivity index (χ0v) is 27.4. The topological polar surface area (TPSA) is 37.3 Å². The van der Waals surface area contributed by atoms with Crippen LogP contribution in [0.3, 0.4) is 0 Å². The van der Waals surface area contributed by atoms with Crippen LogP contribution < -0.4 is 9.47 Å². The Bertz CT molecular complexity index is 1740. The first-order chi connectivity index (χ1) is 22.8. The van der Waals surface area contributed by atoms with E-state index in [2.05, 4.69) is 33.8 Å². The number of benzene rings is 4. The van der Waals surface area contributed by atoms with Crippen molar-refractivity contribution in [1.82, 2.24) is 9.80 Å². The van der Waals surface area contributed by atoms with Crippen LogP contribution in [0.25, 0.3) is 22.3 Å². The van der Waals surface area contributed by atoms with Gasteiger partial charge in [0.2, 0.25) is 5.90 Å². The molecule has 0 amide bonds. The Morgan fingerprint density at radius 2 is 1.34 bits per heavy atom. The van der Waals surface area contributed by atoms with Gasteiger partial charge in [-0.2, -0.15) is 8.78 Å². The molecule has 2 aliphatic rings. The largest absolute Gasteiger partial charge is 0.439 e. The van der Waals surface area contributed by atoms with Crippen molar-refractivity contribution in [2.75, 3.05) is 33.2 Å². The third kappa shape index (κ3) is 7.55. The molecule has 0 unspecified atom stereocenters. The molecule has 0 atom stereocenters. The van der Waals surface area contributed by atoms with E-state index < -0.39 is 6.61 Å². The van der Waals surface area contributed by atoms with Crippen molar-refractivity contribution in [3.63, 3.8) is 0 Å². The van der Waals surface area contributed by atoms with Crippen LogP contribution in [0.4, 0.5) is 13.2 Å². The van der Waals surface area contributed by atoms with Gasteiger partial charge in [-0.25, -0.2) is 4.39 Å². The highest BCUT2D eigenvalue weighted by molar-refractivity contribution is 5.99. The molecular weight excluding hydrogens is 599 g/mol. The summed E-state index contributed by atoms with van der Waals surface area (Å²) in [4.78, 5) is 8.98. The fourth-order valence-corrected chi connectivity index (χ4v) is 6.87. The second-order valence-corrected chi connectivity index (χ2v) is 12.5. The van der Waals surface area contributed by atoms with Crippen molar-refractivity contribution in [3.05, 3.63) is 106 Å². The van der Waals surface area contributed by atoms with Gasteiger partial charge in [0, 0.05) is 42.9 Å². The molecular formula is C39H42F3N3O2. The van der Waals surface area contributed by atoms with E-state index in [1.54, 1.807) is 25.2 Å². The Hall–Kier alpha value is -4.14. The maximum absolute atomic E-state index is 15.3. The monoisotopic (exact) mass is 641 g/mol. The Kier molecular flexibility index (Phi) is 10.3. The third-order valence-corrected chi connectivity index (χ3v) is 9.41. The van der Waals surface area contributed by atoms with Gasteiger partial charge in [-0.15, -0.1) is 0 Å². The predicted molar refractivity (Wildman–Crippen MR) is 182 cm³/mol. The fraction of sp³-hybridized carbons (Fsp3) is 0.359. The second-order valence-electron chi connectivity index (χ2n) is 12.5. The molecule has 6 rings (SSSR count). The van der Waals surface area contributed by atoms with E-state index in [4.69, 9.17) is 9.47 Å². The van der Waals surface area contributed by atoms with Crippen molar-refractivity contribution >= 4 is 5.90 Å². The lowest BCUT2D eigenvalue weighted by atomic mass is 9.89. The molecule has 2 fully saturated rings. The summed E-state index contributed by atoms with van der Waals surface area (Å²) in [5, 5.41) is 0. The van der Waals surface area contributed by atoms with Crippen LogP contribution in [-0.4, -0.2) is 55.5 Å². The van der Waals surface area contributed by atoms with Crippen molar-refractivity contribution in [1.29, 1.82) is 0 Å². The second kappa shape index (κ2) is 14.7. The summed E-state index contributed by atoms with van der Waals surface area (Å²) < 4.78 is 53.1. The van der Waals surface area contributed by atoms with Gasteiger partial charge in [0.1, 0.15) is 17.3 Å². The average Bonchev–Trinajstić information content (AvgIpc) is 3.77. The molecule has 0 aliphatic carbocycles. The molecule has 4 aromatic carbocycles. The summed E-state index contributed by atoms with van der Waals surface area (Å²) in [5.74, 6) is 0.663. The zero-order chi connectivity index (χ0) is 32.9. The minimum absolute atomic E-state index is 0.110. The van der Waals surface area contributed by atoms with Crippen molar-refractivity contribution in [2.24, 2.45) is 4.99 Å². The smallest absolute Gasteiger partial charge is 0.387 e. The van der Waals surface area contributed by atoms with Gasteiger partial charge in [-0.3, -0.25) is 14.8 Å². The number of alkyl halides is 2. The number of nitrogens with zero attached hydrogens (tertiary/aromatic N) is 3. The van der Waals surface area contributed by atoms with Crippen LogP contribution in [0.5, 0.6) is 11.5 Å². The molecule has 0 aromatic heterocycles. The number of aliphatic imine (C=N–C) groups is 1. The maximum Gasteiger partial charge on any atom is 0.387 e. The number of rotatable bonds is 10. The third-order valence-electron chi connectivity index (χ3n) is 9.41. The Morgan fingerprint density at radius 3 is 1.98 bits per heavy atom. The van der Waals surface area contributed by atoms with Gasteiger partial charge in [0.15, 0.2) is 0 Å². The number of ether oxygens (including phenoxy) is 2. The fourth-order valence-electron chi connectivity index (χ4n) is 6.87. The Morgan fingerprint density at radius 1 is 0.745 bits per heavy atom. The number of hydrogen-bond acceptors (Lipinski definition) is 5. The van der Waals surface area contributed by atoms with Gasteiger partial charge in [-0.05, 0) is 117 Å². The lowest BCUT2D eigenvalue weighted by molar-refractivity contribution is -0.0507. The van der Waals surface area contributed by atoms with Crippen LogP contribution in [0, 0.1) is 19.7 Å². The van der Waals surface area contributed by atoms with Crippen LogP contribution in [0.15, 0.2) is 77.8 Å². The number of halogens is 3. The lowest BCUT2D eigenvalue weighted by Gasteiger charge is -2.19. The predicted octanol–water partition coefficient (Wildman–Crippen LogP) is 9.02. The Balaban J connectivity index is 1.26. The van der Waals surface area contributed by atoms with Gasteiger partial charge in [-0.1, -0.05) is 48.5 Å². The average molecular weight is 642 g/mol. The quantitative estimate of drug-likeness (QED) is 0.128. The minimum atomic E-state index is -2.94. The van der Waals surface area contributed by atoms with E-state index in [9.17, 15) is 8.78 Å². The van der Waals surface area contributed by atoms with Crippen LogP contribution in [0.2, 0.25) is 0 Å². The number of likely N-dealkylation sites (tertiary alicyclic amines) is 2. The zero-order valence-electron chi connectivity index (χ0n) is 27.4. The molecule has 2 heterocycles. The first-order valence-electron chi connectivity index (χ1n) is 16.5. The molecule has 246 valence electrons. The van der Waals surface area contributed by atoms with Crippen LogP contribution in [-0.2, 0) is 13.1 Å². The molecule has 0 bridgehead atoms. The molecule has 0 spiro atoms. The van der Waals surface area contributed by atoms with E-state index in [0.717, 1.165) is 83.5 Å². The van der Waals surface area contributed by atoms with E-state index in [1.807, 2.05) is 43.3 Å². The maximum atomic E-state index is 15.3. The minimum Gasteiger partial charge on any atom is -0.439 e. The summed E-state index contributed by atoms with van der Waals surface area (Å²) in [6.45, 7) is 6.26. The molecule has 2 aliphatic heterocycles. The van der Waals surface area contributed by atoms with E-state index >= 15 is 4.39 Å². The molecule has 47 heavy (non-hydrogen) atoms. The summed E-state index contributed by atoms with van der Waals surface area (Å²) in [6.07, 6.45) is 4.56. The van der Waals surface area contributed by atoms with Crippen LogP contribution in [0.1, 0.15) is 53.5 Å². The highest BCUT2D eigenvalue weighted by Gasteiger charge is 2.20. The first-order valence-corrected chi connectivity index (χ1v) is 16.5. The molecule has 2 saturated heterocycles. The van der Waals surface area contributed by atoms with Crippen molar-refractivity contribution in [3.8, 4) is 33.8 Å². The molecule has 0 N–H and O–H groups in total. The van der Waals surface area contributed by atoms with E-state index in [-0.39, 0.29) is 11.6 Å². The SMILES string of the molecule is CN=C(Oc1ccc(CN2CCCC2)c(OC(F)F)c1)c1cccc(-c2cccc(-c3ccc(CN4CCCC4)c(F)c3)c2C)c1C. The van der Waals surface area contributed by atoms with E-state index in [0.29, 0.717) is 30.3 Å². The highest BCUT2D eigenvalue weighted by Crippen LogP contribution is 2.36. The number of hydrogen-bond donors (Lipinski definition) is 0. The Labute approximate surface area is 275 Å². The van der Waals surface area contributed by atoms with Gasteiger partial charge in [0.25, 0.3) is 0 Å². The molecule has 8 heteroatoms. The summed E-state index contributed by atoms with van der Waals surface area (Å²) in [6, 6.07) is 22.7. The normalized spacial score (nSPS) is 15.9. The van der Waals surface area contributed by atoms with Crippen LogP contribution >= 0.6 is 0 Å². The molecule has 0 radical (unpaired) electrons. The molecule has 4 aromatic rings. The van der Waals surface area contributed by atoms with Crippen molar-refractivity contribution < 1.29 is 22.6 Å². The molecule has 5 nitrogen and oxygen atoms in total.